The molecule has 2 aliphatic rings. The lowest BCUT2D eigenvalue weighted by Crippen LogP contribution is -2.26. The van der Waals surface area contributed by atoms with Gasteiger partial charge in [0, 0.05) is 38.9 Å². The van der Waals surface area contributed by atoms with E-state index in [9.17, 15) is 0 Å². The molecule has 0 aliphatic carbocycles. The quantitative estimate of drug-likeness (QED) is 0.544. The predicted octanol–water partition coefficient (Wildman–Crippen LogP) is 2.89. The van der Waals surface area contributed by atoms with Gasteiger partial charge in [0.2, 0.25) is 0 Å². The lowest BCUT2D eigenvalue weighted by atomic mass is 9.98. The standard InChI is InChI=1S/C13H20N2OSi/c1-17(2,3)7-6-16-10-12-9-14-8-11-4-5-15-13(11)12/h4-5,8-9,12H,6-7,10H2,1-3H3. The summed E-state index contributed by atoms with van der Waals surface area (Å²) in [4.78, 5) is 8.61. The minimum Gasteiger partial charge on any atom is -0.381 e. The molecular weight excluding hydrogens is 228 g/mol. The van der Waals surface area contributed by atoms with E-state index in [0.717, 1.165) is 17.9 Å². The van der Waals surface area contributed by atoms with Gasteiger partial charge in [0.1, 0.15) is 0 Å². The molecule has 0 fully saturated rings. The zero-order valence-corrected chi connectivity index (χ0v) is 11.8. The van der Waals surface area contributed by atoms with Crippen LogP contribution in [0, 0.1) is 5.92 Å². The summed E-state index contributed by atoms with van der Waals surface area (Å²) in [5.41, 5.74) is 2.24. The molecule has 2 rings (SSSR count). The second-order valence-corrected chi connectivity index (χ2v) is 11.3. The molecule has 2 heterocycles. The van der Waals surface area contributed by atoms with Crippen molar-refractivity contribution in [1.82, 2.24) is 0 Å². The first kappa shape index (κ1) is 12.5. The van der Waals surface area contributed by atoms with Gasteiger partial charge in [-0.15, -0.1) is 0 Å². The number of nitrogens with zero attached hydrogens (tertiary/aromatic N) is 2. The molecule has 0 saturated carbocycles. The zero-order chi connectivity index (χ0) is 12.3. The van der Waals surface area contributed by atoms with Crippen LogP contribution in [0.1, 0.15) is 0 Å². The highest BCUT2D eigenvalue weighted by atomic mass is 28.3. The summed E-state index contributed by atoms with van der Waals surface area (Å²) in [6, 6.07) is 1.21. The van der Waals surface area contributed by atoms with Gasteiger partial charge >= 0.3 is 0 Å². The van der Waals surface area contributed by atoms with Crippen LogP contribution in [0.25, 0.3) is 0 Å². The highest BCUT2D eigenvalue weighted by Crippen LogP contribution is 2.19. The van der Waals surface area contributed by atoms with Gasteiger partial charge in [0.25, 0.3) is 0 Å². The van der Waals surface area contributed by atoms with Crippen LogP contribution < -0.4 is 0 Å². The fourth-order valence-electron chi connectivity index (χ4n) is 1.79. The average molecular weight is 248 g/mol. The number of rotatable bonds is 5. The molecule has 92 valence electrons. The topological polar surface area (TPSA) is 34.0 Å². The summed E-state index contributed by atoms with van der Waals surface area (Å²) < 4.78 is 5.76. The van der Waals surface area contributed by atoms with E-state index in [4.69, 9.17) is 4.74 Å². The van der Waals surface area contributed by atoms with Gasteiger partial charge in [-0.3, -0.25) is 9.98 Å². The van der Waals surface area contributed by atoms with Crippen LogP contribution >= 0.6 is 0 Å². The lowest BCUT2D eigenvalue weighted by Gasteiger charge is -2.19. The third-order valence-corrected chi connectivity index (χ3v) is 4.59. The monoisotopic (exact) mass is 248 g/mol. The van der Waals surface area contributed by atoms with E-state index < -0.39 is 8.07 Å². The smallest absolute Gasteiger partial charge is 0.0607 e. The number of hydrogen-bond acceptors (Lipinski definition) is 3. The molecule has 0 aromatic carbocycles. The summed E-state index contributed by atoms with van der Waals surface area (Å²) in [5.74, 6) is 0.228. The van der Waals surface area contributed by atoms with Crippen molar-refractivity contribution in [2.24, 2.45) is 15.9 Å². The average Bonchev–Trinajstić information content (AvgIpc) is 2.71. The van der Waals surface area contributed by atoms with Crippen LogP contribution in [-0.2, 0) is 4.74 Å². The molecule has 4 heteroatoms. The summed E-state index contributed by atoms with van der Waals surface area (Å²) in [6.45, 7) is 8.66. The van der Waals surface area contributed by atoms with E-state index in [0.29, 0.717) is 6.61 Å². The number of ether oxygens (including phenoxy) is 1. The van der Waals surface area contributed by atoms with Crippen molar-refractivity contribution in [3.63, 3.8) is 0 Å². The van der Waals surface area contributed by atoms with Crippen molar-refractivity contribution >= 4 is 20.0 Å². The Morgan fingerprint density at radius 1 is 1.35 bits per heavy atom. The van der Waals surface area contributed by atoms with Gasteiger partial charge in [0.15, 0.2) is 0 Å². The Kier molecular flexibility index (Phi) is 3.74. The normalized spacial score (nSPS) is 22.4. The fourth-order valence-corrected chi connectivity index (χ4v) is 2.54. The van der Waals surface area contributed by atoms with Gasteiger partial charge in [-0.05, 0) is 12.1 Å². The van der Waals surface area contributed by atoms with E-state index in [1.807, 2.05) is 24.7 Å². The summed E-state index contributed by atoms with van der Waals surface area (Å²) in [5, 5.41) is 0. The first-order chi connectivity index (χ1) is 8.06. The SMILES string of the molecule is C[Si](C)(C)CCOCC1C=NC=C2C=CN=C21. The molecule has 0 aromatic heterocycles. The van der Waals surface area contributed by atoms with E-state index in [-0.39, 0.29) is 5.92 Å². The van der Waals surface area contributed by atoms with Crippen LogP contribution in [-0.4, -0.2) is 33.2 Å². The molecule has 0 N–H and O–H groups in total. The van der Waals surface area contributed by atoms with E-state index >= 15 is 0 Å². The highest BCUT2D eigenvalue weighted by Gasteiger charge is 2.22. The molecule has 3 nitrogen and oxygen atoms in total. The molecule has 1 atom stereocenters. The number of aliphatic imine (C=N–C) groups is 2. The van der Waals surface area contributed by atoms with E-state index in [1.54, 1.807) is 0 Å². The molecule has 0 amide bonds. The van der Waals surface area contributed by atoms with Crippen molar-refractivity contribution in [2.75, 3.05) is 13.2 Å². The number of fused-ring (bicyclic) bond motifs is 1. The van der Waals surface area contributed by atoms with Gasteiger partial charge in [-0.25, -0.2) is 0 Å². The Balaban J connectivity index is 1.78. The Morgan fingerprint density at radius 3 is 2.94 bits per heavy atom. The maximum atomic E-state index is 5.76. The van der Waals surface area contributed by atoms with Crippen LogP contribution in [0.15, 0.2) is 34.0 Å². The van der Waals surface area contributed by atoms with Gasteiger partial charge < -0.3 is 4.74 Å². The Morgan fingerprint density at radius 2 is 2.18 bits per heavy atom. The Bertz CT molecular complexity index is 402. The first-order valence-corrected chi connectivity index (χ1v) is 9.83. The van der Waals surface area contributed by atoms with E-state index in [2.05, 4.69) is 29.6 Å². The molecule has 0 saturated heterocycles. The summed E-state index contributed by atoms with van der Waals surface area (Å²) in [6.07, 6.45) is 7.64. The van der Waals surface area contributed by atoms with Crippen LogP contribution in [0.3, 0.4) is 0 Å². The molecular formula is C13H20N2OSi. The number of allylic oxidation sites excluding steroid dienone is 2. The van der Waals surface area contributed by atoms with Crippen molar-refractivity contribution in [3.05, 3.63) is 24.0 Å². The maximum absolute atomic E-state index is 5.76. The Hall–Kier alpha value is -1.00. The van der Waals surface area contributed by atoms with Crippen LogP contribution in [0.5, 0.6) is 0 Å². The molecule has 0 bridgehead atoms. The third kappa shape index (κ3) is 3.48. The van der Waals surface area contributed by atoms with E-state index in [1.165, 1.54) is 6.04 Å². The van der Waals surface area contributed by atoms with Crippen molar-refractivity contribution in [1.29, 1.82) is 0 Å². The highest BCUT2D eigenvalue weighted by molar-refractivity contribution is 6.76. The minimum atomic E-state index is -0.983. The molecule has 17 heavy (non-hydrogen) atoms. The minimum absolute atomic E-state index is 0.228. The van der Waals surface area contributed by atoms with Crippen LogP contribution in [0.2, 0.25) is 25.7 Å². The molecule has 2 aliphatic heterocycles. The Labute approximate surface area is 104 Å². The molecule has 0 radical (unpaired) electrons. The van der Waals surface area contributed by atoms with Gasteiger partial charge in [-0.1, -0.05) is 19.6 Å². The lowest BCUT2D eigenvalue weighted by molar-refractivity contribution is 0.143. The second-order valence-electron chi connectivity index (χ2n) is 5.70. The molecule has 0 spiro atoms. The van der Waals surface area contributed by atoms with Gasteiger partial charge in [0.05, 0.1) is 18.2 Å². The summed E-state index contributed by atoms with van der Waals surface area (Å²) in [7, 11) is -0.983. The molecule has 0 aromatic rings. The maximum Gasteiger partial charge on any atom is 0.0607 e. The van der Waals surface area contributed by atoms with Crippen molar-refractivity contribution in [3.8, 4) is 0 Å². The zero-order valence-electron chi connectivity index (χ0n) is 10.8. The second kappa shape index (κ2) is 5.10. The van der Waals surface area contributed by atoms with Crippen molar-refractivity contribution in [2.45, 2.75) is 25.7 Å². The van der Waals surface area contributed by atoms with Crippen LogP contribution in [0.4, 0.5) is 0 Å². The summed E-state index contributed by atoms with van der Waals surface area (Å²) >= 11 is 0. The van der Waals surface area contributed by atoms with Gasteiger partial charge in [-0.2, -0.15) is 0 Å². The molecule has 1 unspecified atom stereocenters. The first-order valence-electron chi connectivity index (χ1n) is 6.12. The fraction of sp³-hybridized carbons (Fsp3) is 0.538. The van der Waals surface area contributed by atoms with Crippen molar-refractivity contribution < 1.29 is 4.74 Å². The third-order valence-electron chi connectivity index (χ3n) is 2.89. The largest absolute Gasteiger partial charge is 0.381 e. The predicted molar refractivity (Wildman–Crippen MR) is 75.6 cm³/mol. The number of hydrogen-bond donors (Lipinski definition) is 0.